The monoisotopic (exact) mass is 359 g/mol. The first-order valence-electron chi connectivity index (χ1n) is 9.63. The molecule has 4 nitrogen and oxygen atoms in total. The van der Waals surface area contributed by atoms with Crippen LogP contribution < -0.4 is 5.56 Å². The Hall–Kier alpha value is -2.72. The zero-order valence-corrected chi connectivity index (χ0v) is 15.9. The highest BCUT2D eigenvalue weighted by atomic mass is 16.1. The molecule has 1 saturated heterocycles. The number of aryl methyl sites for hydroxylation is 1. The number of H-pyrrole nitrogens is 1. The molecule has 1 atom stereocenters. The first-order valence-corrected chi connectivity index (χ1v) is 9.63. The van der Waals surface area contributed by atoms with Crippen molar-refractivity contribution in [3.8, 4) is 22.5 Å². The summed E-state index contributed by atoms with van der Waals surface area (Å²) >= 11 is 0. The molecule has 0 aliphatic carbocycles. The van der Waals surface area contributed by atoms with Crippen LogP contribution in [0.5, 0.6) is 0 Å². The van der Waals surface area contributed by atoms with Gasteiger partial charge in [-0.3, -0.25) is 9.69 Å². The van der Waals surface area contributed by atoms with Crippen molar-refractivity contribution in [3.05, 3.63) is 76.2 Å². The molecular formula is C23H25N3O. The predicted molar refractivity (Wildman–Crippen MR) is 110 cm³/mol. The number of nitrogens with zero attached hydrogens (tertiary/aromatic N) is 2. The smallest absolute Gasteiger partial charge is 0.251 e. The summed E-state index contributed by atoms with van der Waals surface area (Å²) in [5.41, 5.74) is 5.27. The molecule has 4 heteroatoms. The third-order valence-corrected chi connectivity index (χ3v) is 5.42. The van der Waals surface area contributed by atoms with E-state index in [9.17, 15) is 4.79 Å². The van der Waals surface area contributed by atoms with E-state index in [1.54, 1.807) is 0 Å². The van der Waals surface area contributed by atoms with Crippen molar-refractivity contribution < 1.29 is 0 Å². The largest absolute Gasteiger partial charge is 0.307 e. The Balaban J connectivity index is 1.60. The highest BCUT2D eigenvalue weighted by Gasteiger charge is 2.19. The Morgan fingerprint density at radius 2 is 1.67 bits per heavy atom. The van der Waals surface area contributed by atoms with Crippen LogP contribution in [-0.4, -0.2) is 28.0 Å². The van der Waals surface area contributed by atoms with E-state index in [2.05, 4.69) is 58.2 Å². The molecule has 0 amide bonds. The highest BCUT2D eigenvalue weighted by Crippen LogP contribution is 2.29. The molecule has 1 fully saturated rings. The van der Waals surface area contributed by atoms with Crippen molar-refractivity contribution in [2.24, 2.45) is 0 Å². The molecule has 3 aromatic rings. The zero-order valence-electron chi connectivity index (χ0n) is 15.9. The Labute approximate surface area is 159 Å². The summed E-state index contributed by atoms with van der Waals surface area (Å²) in [6.45, 7) is 6.52. The maximum Gasteiger partial charge on any atom is 0.251 e. The average Bonchev–Trinajstić information content (AvgIpc) is 3.22. The summed E-state index contributed by atoms with van der Waals surface area (Å²) in [7, 11) is 0. The Morgan fingerprint density at radius 1 is 0.963 bits per heavy atom. The normalized spacial score (nSPS) is 15.8. The van der Waals surface area contributed by atoms with E-state index >= 15 is 0 Å². The number of hydrogen-bond donors (Lipinski definition) is 1. The standard InChI is InChI=1S/C23H25N3O/c1-16-14-22(27)25-23(24-16)19-10-8-18(9-11-19)21-7-5-6-20(15-21)17(2)26-12-3-4-13-26/h5-11,14-15,17H,3-4,12-13H2,1-2H3,(H,24,25,27). The van der Waals surface area contributed by atoms with Crippen LogP contribution in [-0.2, 0) is 0 Å². The minimum atomic E-state index is -0.120. The van der Waals surface area contributed by atoms with Gasteiger partial charge in [-0.2, -0.15) is 0 Å². The molecule has 4 rings (SSSR count). The second-order valence-electron chi connectivity index (χ2n) is 7.36. The van der Waals surface area contributed by atoms with E-state index < -0.39 is 0 Å². The minimum absolute atomic E-state index is 0.120. The molecule has 1 N–H and O–H groups in total. The molecule has 2 aromatic carbocycles. The zero-order chi connectivity index (χ0) is 18.8. The first kappa shape index (κ1) is 17.7. The number of aromatic nitrogens is 2. The molecular weight excluding hydrogens is 334 g/mol. The van der Waals surface area contributed by atoms with Crippen molar-refractivity contribution in [2.75, 3.05) is 13.1 Å². The van der Waals surface area contributed by atoms with Crippen molar-refractivity contribution in [2.45, 2.75) is 32.7 Å². The summed E-state index contributed by atoms with van der Waals surface area (Å²) in [4.78, 5) is 21.5. The van der Waals surface area contributed by atoms with Gasteiger partial charge in [0.15, 0.2) is 0 Å². The maximum atomic E-state index is 11.7. The lowest BCUT2D eigenvalue weighted by atomic mass is 9.98. The molecule has 0 saturated carbocycles. The fraction of sp³-hybridized carbons (Fsp3) is 0.304. The van der Waals surface area contributed by atoms with Gasteiger partial charge >= 0.3 is 0 Å². The molecule has 1 aromatic heterocycles. The summed E-state index contributed by atoms with van der Waals surface area (Å²) in [5.74, 6) is 0.614. The number of rotatable bonds is 4. The van der Waals surface area contributed by atoms with Crippen LogP contribution >= 0.6 is 0 Å². The molecule has 138 valence electrons. The van der Waals surface area contributed by atoms with Gasteiger partial charge in [0.2, 0.25) is 0 Å². The van der Waals surface area contributed by atoms with Gasteiger partial charge in [0.05, 0.1) is 0 Å². The van der Waals surface area contributed by atoms with Crippen LogP contribution in [0.25, 0.3) is 22.5 Å². The fourth-order valence-corrected chi connectivity index (χ4v) is 3.85. The SMILES string of the molecule is Cc1cc(=O)[nH]c(-c2ccc(-c3cccc(C(C)N4CCCC4)c3)cc2)n1. The second kappa shape index (κ2) is 7.49. The van der Waals surface area contributed by atoms with E-state index in [0.717, 1.165) is 11.3 Å². The quantitative estimate of drug-likeness (QED) is 0.742. The number of nitrogens with one attached hydrogen (secondary N) is 1. The third-order valence-electron chi connectivity index (χ3n) is 5.42. The van der Waals surface area contributed by atoms with E-state index in [1.807, 2.05) is 19.1 Å². The lowest BCUT2D eigenvalue weighted by molar-refractivity contribution is 0.263. The van der Waals surface area contributed by atoms with Crippen LogP contribution in [0, 0.1) is 6.92 Å². The van der Waals surface area contributed by atoms with E-state index in [-0.39, 0.29) is 5.56 Å². The van der Waals surface area contributed by atoms with Gasteiger partial charge in [0.25, 0.3) is 5.56 Å². The lowest BCUT2D eigenvalue weighted by Gasteiger charge is -2.24. The average molecular weight is 359 g/mol. The van der Waals surface area contributed by atoms with Crippen molar-refractivity contribution >= 4 is 0 Å². The molecule has 27 heavy (non-hydrogen) atoms. The van der Waals surface area contributed by atoms with Crippen LogP contribution in [0.1, 0.15) is 37.1 Å². The molecule has 1 aliphatic rings. The van der Waals surface area contributed by atoms with Crippen LogP contribution in [0.4, 0.5) is 0 Å². The summed E-state index contributed by atoms with van der Waals surface area (Å²) in [6.07, 6.45) is 2.61. The minimum Gasteiger partial charge on any atom is -0.307 e. The van der Waals surface area contributed by atoms with Crippen LogP contribution in [0.2, 0.25) is 0 Å². The van der Waals surface area contributed by atoms with Gasteiger partial charge in [-0.1, -0.05) is 42.5 Å². The Morgan fingerprint density at radius 3 is 2.37 bits per heavy atom. The van der Waals surface area contributed by atoms with Crippen molar-refractivity contribution in [1.82, 2.24) is 14.9 Å². The van der Waals surface area contributed by atoms with Crippen LogP contribution in [0.15, 0.2) is 59.4 Å². The highest BCUT2D eigenvalue weighted by molar-refractivity contribution is 5.68. The van der Waals surface area contributed by atoms with E-state index in [4.69, 9.17) is 0 Å². The van der Waals surface area contributed by atoms with Gasteiger partial charge in [-0.15, -0.1) is 0 Å². The topological polar surface area (TPSA) is 49.0 Å². The summed E-state index contributed by atoms with van der Waals surface area (Å²) in [5, 5.41) is 0. The molecule has 2 heterocycles. The molecule has 1 aliphatic heterocycles. The van der Waals surface area contributed by atoms with Crippen LogP contribution in [0.3, 0.4) is 0 Å². The molecule has 0 spiro atoms. The predicted octanol–water partition coefficient (Wildman–Crippen LogP) is 4.57. The summed E-state index contributed by atoms with van der Waals surface area (Å²) in [6, 6.07) is 19.0. The fourth-order valence-electron chi connectivity index (χ4n) is 3.85. The van der Waals surface area contributed by atoms with Gasteiger partial charge in [0.1, 0.15) is 5.82 Å². The van der Waals surface area contributed by atoms with Gasteiger partial charge in [-0.25, -0.2) is 4.98 Å². The Bertz CT molecular complexity index is 985. The molecule has 0 bridgehead atoms. The first-order chi connectivity index (χ1) is 13.1. The van der Waals surface area contributed by atoms with Crippen molar-refractivity contribution in [1.29, 1.82) is 0 Å². The third kappa shape index (κ3) is 3.86. The second-order valence-corrected chi connectivity index (χ2v) is 7.36. The van der Waals surface area contributed by atoms with Gasteiger partial charge in [0, 0.05) is 23.4 Å². The number of likely N-dealkylation sites (tertiary alicyclic amines) is 1. The number of aromatic amines is 1. The van der Waals surface area contributed by atoms with Gasteiger partial charge < -0.3 is 4.98 Å². The van der Waals surface area contributed by atoms with Crippen molar-refractivity contribution in [3.63, 3.8) is 0 Å². The summed E-state index contributed by atoms with van der Waals surface area (Å²) < 4.78 is 0. The van der Waals surface area contributed by atoms with E-state index in [1.165, 1.54) is 48.7 Å². The van der Waals surface area contributed by atoms with Gasteiger partial charge in [-0.05, 0) is 62.5 Å². The number of benzene rings is 2. The molecule has 0 radical (unpaired) electrons. The molecule has 1 unspecified atom stereocenters. The Kier molecular flexibility index (Phi) is 4.90. The number of hydrogen-bond acceptors (Lipinski definition) is 3. The van der Waals surface area contributed by atoms with E-state index in [0.29, 0.717) is 11.9 Å². The lowest BCUT2D eigenvalue weighted by Crippen LogP contribution is -2.23. The maximum absolute atomic E-state index is 11.7.